The number of ether oxygens (including phenoxy) is 1. The van der Waals surface area contributed by atoms with E-state index in [1.165, 1.54) is 0 Å². The van der Waals surface area contributed by atoms with Crippen molar-refractivity contribution >= 4 is 23.3 Å². The highest BCUT2D eigenvalue weighted by molar-refractivity contribution is 6.29. The number of alkyl halides is 1. The van der Waals surface area contributed by atoms with Gasteiger partial charge in [-0.15, -0.1) is 0 Å². The van der Waals surface area contributed by atoms with Crippen LogP contribution in [-0.4, -0.2) is 18.1 Å². The normalized spacial score (nSPS) is 12.7. The summed E-state index contributed by atoms with van der Waals surface area (Å²) in [7, 11) is 0. The summed E-state index contributed by atoms with van der Waals surface area (Å²) in [6.07, 6.45) is 0. The van der Waals surface area contributed by atoms with Gasteiger partial charge < -0.3 is 4.74 Å². The first-order valence-electron chi connectivity index (χ1n) is 4.92. The highest BCUT2D eigenvalue weighted by atomic mass is 35.5. The summed E-state index contributed by atoms with van der Waals surface area (Å²) < 4.78 is 4.70. The maximum atomic E-state index is 11.1. The highest BCUT2D eigenvalue weighted by Gasteiger charge is 2.14. The minimum atomic E-state index is -1.08. The summed E-state index contributed by atoms with van der Waals surface area (Å²) in [6, 6.07) is 7.45. The van der Waals surface area contributed by atoms with E-state index in [9.17, 15) is 4.79 Å². The van der Waals surface area contributed by atoms with E-state index in [2.05, 4.69) is 10.2 Å². The molecule has 0 amide bonds. The van der Waals surface area contributed by atoms with E-state index in [-0.39, 0.29) is 6.61 Å². The van der Waals surface area contributed by atoms with Gasteiger partial charge in [0.05, 0.1) is 12.3 Å². The Hall–Kier alpha value is -1.42. The number of carbonyl (C=O) groups is 1. The van der Waals surface area contributed by atoms with Crippen LogP contribution in [0.15, 0.2) is 34.5 Å². The molecule has 0 saturated heterocycles. The van der Waals surface area contributed by atoms with E-state index < -0.39 is 11.5 Å². The molecule has 0 heterocycles. The Morgan fingerprint density at radius 2 is 2.19 bits per heavy atom. The van der Waals surface area contributed by atoms with Gasteiger partial charge in [-0.3, -0.25) is 0 Å². The van der Waals surface area contributed by atoms with Crippen LogP contribution in [0, 0.1) is 6.92 Å². The molecule has 0 aliphatic carbocycles. The largest absolute Gasteiger partial charge is 0.463 e. The molecule has 1 aromatic rings. The van der Waals surface area contributed by atoms with Gasteiger partial charge in [0.15, 0.2) is 0 Å². The lowest BCUT2D eigenvalue weighted by Crippen LogP contribution is -2.14. The fourth-order valence-corrected chi connectivity index (χ4v) is 1.15. The van der Waals surface area contributed by atoms with Crippen LogP contribution < -0.4 is 0 Å². The maximum absolute atomic E-state index is 11.1. The minimum Gasteiger partial charge on any atom is -0.463 e. The number of carbonyl (C=O) groups excluding carboxylic acids is 1. The van der Waals surface area contributed by atoms with Crippen molar-refractivity contribution in [1.29, 1.82) is 0 Å². The SMILES string of the molecule is CCOC(=O)C(Cl)N=Nc1ccccc1C. The maximum Gasteiger partial charge on any atom is 0.348 e. The van der Waals surface area contributed by atoms with E-state index in [0.717, 1.165) is 5.56 Å². The molecule has 0 N–H and O–H groups in total. The summed E-state index contributed by atoms with van der Waals surface area (Å²) in [5.74, 6) is -0.582. The minimum absolute atomic E-state index is 0.280. The molecule has 4 nitrogen and oxygen atoms in total. The fraction of sp³-hybridized carbons (Fsp3) is 0.364. The molecule has 1 atom stereocenters. The Bertz CT molecular complexity index is 393. The number of halogens is 1. The molecule has 5 heteroatoms. The van der Waals surface area contributed by atoms with Gasteiger partial charge in [0.1, 0.15) is 0 Å². The standard InChI is InChI=1S/C11H13ClN2O2/c1-3-16-11(15)10(12)14-13-9-7-5-4-6-8(9)2/h4-7,10H,3H2,1-2H3. The van der Waals surface area contributed by atoms with Crippen molar-refractivity contribution in [3.8, 4) is 0 Å². The molecule has 0 aliphatic rings. The third kappa shape index (κ3) is 3.62. The molecule has 0 spiro atoms. The molecule has 16 heavy (non-hydrogen) atoms. The van der Waals surface area contributed by atoms with Gasteiger partial charge in [-0.1, -0.05) is 29.8 Å². The lowest BCUT2D eigenvalue weighted by atomic mass is 10.2. The zero-order valence-electron chi connectivity index (χ0n) is 9.18. The number of nitrogens with zero attached hydrogens (tertiary/aromatic N) is 2. The number of hydrogen-bond acceptors (Lipinski definition) is 4. The number of rotatable bonds is 4. The Morgan fingerprint density at radius 3 is 2.81 bits per heavy atom. The summed E-state index contributed by atoms with van der Waals surface area (Å²) in [6.45, 7) is 3.89. The third-order valence-corrected chi connectivity index (χ3v) is 2.13. The van der Waals surface area contributed by atoms with Gasteiger partial charge in [-0.2, -0.15) is 10.2 Å². The number of esters is 1. The van der Waals surface area contributed by atoms with Gasteiger partial charge >= 0.3 is 5.97 Å². The van der Waals surface area contributed by atoms with Crippen LogP contribution in [-0.2, 0) is 9.53 Å². The van der Waals surface area contributed by atoms with Crippen molar-refractivity contribution in [3.05, 3.63) is 29.8 Å². The molecular weight excluding hydrogens is 228 g/mol. The predicted octanol–water partition coefficient (Wildman–Crippen LogP) is 3.21. The van der Waals surface area contributed by atoms with Gasteiger partial charge in [0.25, 0.3) is 0 Å². The van der Waals surface area contributed by atoms with Crippen LogP contribution in [0.5, 0.6) is 0 Å². The average Bonchev–Trinajstić information content (AvgIpc) is 2.28. The van der Waals surface area contributed by atoms with E-state index in [0.29, 0.717) is 5.69 Å². The van der Waals surface area contributed by atoms with Crippen molar-refractivity contribution in [2.75, 3.05) is 6.61 Å². The van der Waals surface area contributed by atoms with Crippen LogP contribution in [0.3, 0.4) is 0 Å². The van der Waals surface area contributed by atoms with Gasteiger partial charge in [0.2, 0.25) is 5.50 Å². The van der Waals surface area contributed by atoms with Crippen LogP contribution in [0.1, 0.15) is 12.5 Å². The van der Waals surface area contributed by atoms with E-state index in [4.69, 9.17) is 16.3 Å². The topological polar surface area (TPSA) is 51.0 Å². The van der Waals surface area contributed by atoms with Crippen LogP contribution in [0.25, 0.3) is 0 Å². The van der Waals surface area contributed by atoms with Crippen LogP contribution in [0.4, 0.5) is 5.69 Å². The smallest absolute Gasteiger partial charge is 0.348 e. The lowest BCUT2D eigenvalue weighted by molar-refractivity contribution is -0.142. The second-order valence-corrected chi connectivity index (χ2v) is 3.50. The highest BCUT2D eigenvalue weighted by Crippen LogP contribution is 2.18. The first-order valence-corrected chi connectivity index (χ1v) is 5.36. The second kappa shape index (κ2) is 6.23. The average molecular weight is 241 g/mol. The number of hydrogen-bond donors (Lipinski definition) is 0. The Balaban J connectivity index is 2.67. The second-order valence-electron chi connectivity index (χ2n) is 3.09. The number of benzene rings is 1. The predicted molar refractivity (Wildman–Crippen MR) is 62.0 cm³/mol. The van der Waals surface area contributed by atoms with Crippen molar-refractivity contribution in [2.24, 2.45) is 10.2 Å². The molecule has 0 aliphatic heterocycles. The molecule has 0 radical (unpaired) electrons. The number of azo groups is 1. The Labute approximate surface area is 99.3 Å². The van der Waals surface area contributed by atoms with Gasteiger partial charge in [0, 0.05) is 0 Å². The molecule has 1 rings (SSSR count). The zero-order valence-corrected chi connectivity index (χ0v) is 9.94. The zero-order chi connectivity index (χ0) is 12.0. The van der Waals surface area contributed by atoms with Crippen LogP contribution >= 0.6 is 11.6 Å². The molecular formula is C11H13ClN2O2. The summed E-state index contributed by atoms with van der Waals surface area (Å²) in [4.78, 5) is 11.1. The lowest BCUT2D eigenvalue weighted by Gasteiger charge is -2.02. The van der Waals surface area contributed by atoms with E-state index in [1.807, 2.05) is 25.1 Å². The third-order valence-electron chi connectivity index (χ3n) is 1.86. The van der Waals surface area contributed by atoms with Crippen molar-refractivity contribution in [1.82, 2.24) is 0 Å². The summed E-state index contributed by atoms with van der Waals surface area (Å²) in [5.41, 5.74) is 0.580. The van der Waals surface area contributed by atoms with Crippen molar-refractivity contribution in [3.63, 3.8) is 0 Å². The Kier molecular flexibility index (Phi) is 4.92. The Morgan fingerprint density at radius 1 is 1.50 bits per heavy atom. The van der Waals surface area contributed by atoms with Crippen molar-refractivity contribution in [2.45, 2.75) is 19.3 Å². The first kappa shape index (κ1) is 12.6. The quantitative estimate of drug-likeness (QED) is 0.351. The molecule has 0 bridgehead atoms. The molecule has 0 saturated carbocycles. The van der Waals surface area contributed by atoms with E-state index >= 15 is 0 Å². The molecule has 86 valence electrons. The molecule has 0 fully saturated rings. The summed E-state index contributed by atoms with van der Waals surface area (Å²) in [5, 5.41) is 7.59. The van der Waals surface area contributed by atoms with Crippen LogP contribution in [0.2, 0.25) is 0 Å². The van der Waals surface area contributed by atoms with Crippen molar-refractivity contribution < 1.29 is 9.53 Å². The number of aryl methyl sites for hydroxylation is 1. The van der Waals surface area contributed by atoms with Gasteiger partial charge in [-0.25, -0.2) is 4.79 Å². The first-order chi connectivity index (χ1) is 7.65. The van der Waals surface area contributed by atoms with E-state index in [1.54, 1.807) is 13.0 Å². The van der Waals surface area contributed by atoms with Gasteiger partial charge in [-0.05, 0) is 25.5 Å². The molecule has 1 aromatic carbocycles. The fourth-order valence-electron chi connectivity index (χ4n) is 1.05. The summed E-state index contributed by atoms with van der Waals surface area (Å²) >= 11 is 5.68. The monoisotopic (exact) mass is 240 g/mol. The molecule has 0 aromatic heterocycles. The molecule has 1 unspecified atom stereocenters.